The number of sulfonamides is 1. The summed E-state index contributed by atoms with van der Waals surface area (Å²) >= 11 is 0. The maximum atomic E-state index is 12.5. The molecule has 0 aliphatic heterocycles. The van der Waals surface area contributed by atoms with Gasteiger partial charge in [0, 0.05) is 29.8 Å². The van der Waals surface area contributed by atoms with E-state index in [2.05, 4.69) is 29.7 Å². The molecule has 4 aromatic rings. The van der Waals surface area contributed by atoms with Crippen LogP contribution in [0.25, 0.3) is 5.82 Å². The molecule has 4 rings (SSSR count). The van der Waals surface area contributed by atoms with Crippen LogP contribution in [-0.2, 0) is 10.0 Å². The summed E-state index contributed by atoms with van der Waals surface area (Å²) < 4.78 is 69.6. The molecule has 0 radical (unpaired) electrons. The van der Waals surface area contributed by atoms with Crippen LogP contribution in [0.15, 0.2) is 84.5 Å². The Labute approximate surface area is 186 Å². The molecule has 0 aliphatic carbocycles. The monoisotopic (exact) mass is 476 g/mol. The fraction of sp³-hybridized carbons (Fsp3) is 0.0500. The van der Waals surface area contributed by atoms with E-state index >= 15 is 0 Å². The first-order valence-electron chi connectivity index (χ1n) is 9.24. The molecule has 170 valence electrons. The number of rotatable bonds is 7. The van der Waals surface area contributed by atoms with Crippen LogP contribution >= 0.6 is 0 Å². The van der Waals surface area contributed by atoms with Gasteiger partial charge in [0.25, 0.3) is 10.0 Å². The molecule has 33 heavy (non-hydrogen) atoms. The first-order valence-corrected chi connectivity index (χ1v) is 10.7. The van der Waals surface area contributed by atoms with Gasteiger partial charge in [-0.25, -0.2) is 23.4 Å². The standard InChI is InChI=1S/C20H15F3N6O3S/c21-20(22,23)32-16-5-7-17(8-6-16)33(30,31)28-15-3-1-14(2-4-15)27-18-11-19(26-12-25-18)29-10-9-24-13-29/h1-13,28H,(H,25,26,27). The Morgan fingerprint density at radius 1 is 0.939 bits per heavy atom. The number of benzene rings is 2. The zero-order valence-electron chi connectivity index (χ0n) is 16.6. The zero-order valence-corrected chi connectivity index (χ0v) is 17.4. The number of nitrogens with one attached hydrogen (secondary N) is 2. The minimum Gasteiger partial charge on any atom is -0.406 e. The van der Waals surface area contributed by atoms with Crippen LogP contribution in [0.4, 0.5) is 30.4 Å². The molecule has 0 amide bonds. The second-order valence-corrected chi connectivity index (χ2v) is 8.24. The van der Waals surface area contributed by atoms with Crippen molar-refractivity contribution in [2.75, 3.05) is 10.0 Å². The molecule has 0 saturated carbocycles. The van der Waals surface area contributed by atoms with E-state index in [1.807, 2.05) is 0 Å². The van der Waals surface area contributed by atoms with E-state index in [4.69, 9.17) is 0 Å². The van der Waals surface area contributed by atoms with E-state index in [0.29, 0.717) is 17.3 Å². The summed E-state index contributed by atoms with van der Waals surface area (Å²) in [6.45, 7) is 0. The third-order valence-electron chi connectivity index (χ3n) is 4.20. The summed E-state index contributed by atoms with van der Waals surface area (Å²) in [5, 5.41) is 3.08. The van der Waals surface area contributed by atoms with Gasteiger partial charge < -0.3 is 10.1 Å². The number of hydrogen-bond acceptors (Lipinski definition) is 7. The molecule has 0 unspecified atom stereocenters. The lowest BCUT2D eigenvalue weighted by molar-refractivity contribution is -0.274. The van der Waals surface area contributed by atoms with Gasteiger partial charge >= 0.3 is 6.36 Å². The molecule has 13 heteroatoms. The highest BCUT2D eigenvalue weighted by Crippen LogP contribution is 2.25. The van der Waals surface area contributed by atoms with Crippen molar-refractivity contribution in [1.29, 1.82) is 0 Å². The van der Waals surface area contributed by atoms with Crippen LogP contribution in [0, 0.1) is 0 Å². The fourth-order valence-electron chi connectivity index (χ4n) is 2.76. The SMILES string of the molecule is O=S(=O)(Nc1ccc(Nc2cc(-n3ccnc3)ncn2)cc1)c1ccc(OC(F)(F)F)cc1. The first kappa shape index (κ1) is 22.1. The van der Waals surface area contributed by atoms with Crippen LogP contribution in [0.3, 0.4) is 0 Å². The Bertz CT molecular complexity index is 1330. The van der Waals surface area contributed by atoms with Crippen molar-refractivity contribution < 1.29 is 26.3 Å². The molecule has 0 aliphatic rings. The van der Waals surface area contributed by atoms with Crippen LogP contribution in [-0.4, -0.2) is 34.3 Å². The molecule has 0 spiro atoms. The molecule has 2 aromatic heterocycles. The van der Waals surface area contributed by atoms with Gasteiger partial charge in [-0.1, -0.05) is 0 Å². The Hall–Kier alpha value is -4.13. The van der Waals surface area contributed by atoms with E-state index < -0.39 is 22.1 Å². The van der Waals surface area contributed by atoms with Crippen molar-refractivity contribution in [2.24, 2.45) is 0 Å². The summed E-state index contributed by atoms with van der Waals surface area (Å²) in [4.78, 5) is 12.1. The molecule has 2 heterocycles. The summed E-state index contributed by atoms with van der Waals surface area (Å²) in [5.41, 5.74) is 0.903. The van der Waals surface area contributed by atoms with Gasteiger partial charge in [0.2, 0.25) is 0 Å². The molecule has 0 saturated heterocycles. The van der Waals surface area contributed by atoms with Gasteiger partial charge in [0.05, 0.1) is 4.90 Å². The number of nitrogens with zero attached hydrogens (tertiary/aromatic N) is 4. The molecule has 9 nitrogen and oxygen atoms in total. The van der Waals surface area contributed by atoms with Gasteiger partial charge in [-0.2, -0.15) is 0 Å². The van der Waals surface area contributed by atoms with Gasteiger partial charge in [-0.3, -0.25) is 9.29 Å². The minimum atomic E-state index is -4.86. The Morgan fingerprint density at radius 2 is 1.64 bits per heavy atom. The zero-order chi connectivity index (χ0) is 23.5. The second kappa shape index (κ2) is 8.78. The lowest BCUT2D eigenvalue weighted by Gasteiger charge is -2.11. The predicted molar refractivity (Wildman–Crippen MR) is 113 cm³/mol. The molecule has 0 atom stereocenters. The van der Waals surface area contributed by atoms with E-state index in [0.717, 1.165) is 24.3 Å². The molecule has 0 bridgehead atoms. The molecular formula is C20H15F3N6O3S. The van der Waals surface area contributed by atoms with Crippen molar-refractivity contribution in [3.8, 4) is 11.6 Å². The van der Waals surface area contributed by atoms with Crippen molar-refractivity contribution in [3.63, 3.8) is 0 Å². The highest BCUT2D eigenvalue weighted by atomic mass is 32.2. The molecule has 2 aromatic carbocycles. The highest BCUT2D eigenvalue weighted by Gasteiger charge is 2.31. The quantitative estimate of drug-likeness (QED) is 0.413. The lowest BCUT2D eigenvalue weighted by atomic mass is 10.3. The normalized spacial score (nSPS) is 11.7. The number of alkyl halides is 3. The maximum absolute atomic E-state index is 12.5. The van der Waals surface area contributed by atoms with Crippen LogP contribution < -0.4 is 14.8 Å². The number of halogens is 3. The smallest absolute Gasteiger partial charge is 0.406 e. The Balaban J connectivity index is 1.42. The van der Waals surface area contributed by atoms with Crippen LogP contribution in [0.1, 0.15) is 0 Å². The average molecular weight is 476 g/mol. The van der Waals surface area contributed by atoms with Crippen LogP contribution in [0.5, 0.6) is 5.75 Å². The first-order chi connectivity index (χ1) is 15.7. The Morgan fingerprint density at radius 3 is 2.27 bits per heavy atom. The van der Waals surface area contributed by atoms with E-state index in [9.17, 15) is 21.6 Å². The van der Waals surface area contributed by atoms with Crippen molar-refractivity contribution in [1.82, 2.24) is 19.5 Å². The highest BCUT2D eigenvalue weighted by molar-refractivity contribution is 7.92. The molecule has 2 N–H and O–H groups in total. The van der Waals surface area contributed by atoms with Crippen molar-refractivity contribution in [2.45, 2.75) is 11.3 Å². The number of anilines is 3. The maximum Gasteiger partial charge on any atom is 0.573 e. The third-order valence-corrected chi connectivity index (χ3v) is 5.60. The van der Waals surface area contributed by atoms with Gasteiger partial charge in [-0.05, 0) is 48.5 Å². The number of aromatic nitrogens is 4. The minimum absolute atomic E-state index is 0.216. The van der Waals surface area contributed by atoms with Crippen molar-refractivity contribution in [3.05, 3.63) is 79.6 Å². The van der Waals surface area contributed by atoms with E-state index in [1.165, 1.54) is 18.5 Å². The molecular weight excluding hydrogens is 461 g/mol. The van der Waals surface area contributed by atoms with Crippen molar-refractivity contribution >= 4 is 27.2 Å². The summed E-state index contributed by atoms with van der Waals surface area (Å²) in [7, 11) is -4.01. The summed E-state index contributed by atoms with van der Waals surface area (Å²) in [5.74, 6) is 0.613. The largest absolute Gasteiger partial charge is 0.573 e. The topological polar surface area (TPSA) is 111 Å². The van der Waals surface area contributed by atoms with E-state index in [-0.39, 0.29) is 10.6 Å². The Kier molecular flexibility index (Phi) is 5.87. The van der Waals surface area contributed by atoms with Gasteiger partial charge in [0.1, 0.15) is 30.0 Å². The second-order valence-electron chi connectivity index (χ2n) is 6.56. The lowest BCUT2D eigenvalue weighted by Crippen LogP contribution is -2.17. The van der Waals surface area contributed by atoms with Gasteiger partial charge in [0.15, 0.2) is 0 Å². The fourth-order valence-corrected chi connectivity index (χ4v) is 3.81. The summed E-state index contributed by atoms with van der Waals surface area (Å²) in [6.07, 6.45) is 1.50. The van der Waals surface area contributed by atoms with E-state index in [1.54, 1.807) is 41.5 Å². The third kappa shape index (κ3) is 5.77. The number of imidazole rings is 1. The molecule has 0 fully saturated rings. The predicted octanol–water partition coefficient (Wildman–Crippen LogP) is 4.11. The summed E-state index contributed by atoms with van der Waals surface area (Å²) in [6, 6.07) is 11.9. The van der Waals surface area contributed by atoms with Crippen LogP contribution in [0.2, 0.25) is 0 Å². The average Bonchev–Trinajstić information content (AvgIpc) is 3.30. The number of hydrogen-bond donors (Lipinski definition) is 2. The number of ether oxygens (including phenoxy) is 1. The van der Waals surface area contributed by atoms with Gasteiger partial charge in [-0.15, -0.1) is 13.2 Å².